The molecule has 2 aromatic carbocycles. The van der Waals surface area contributed by atoms with E-state index in [-0.39, 0.29) is 11.9 Å². The summed E-state index contributed by atoms with van der Waals surface area (Å²) in [7, 11) is 0. The highest BCUT2D eigenvalue weighted by Crippen LogP contribution is 2.32. The monoisotopic (exact) mass is 329 g/mol. The Bertz CT molecular complexity index is 717. The number of thioether (sulfide) groups is 1. The van der Waals surface area contributed by atoms with Gasteiger partial charge in [0.2, 0.25) is 0 Å². The van der Waals surface area contributed by atoms with Gasteiger partial charge in [-0.3, -0.25) is 4.79 Å². The normalized spacial score (nSPS) is 14.2. The fraction of sp³-hybridized carbons (Fsp3) is 0.278. The molecule has 0 saturated carbocycles. The molecule has 0 spiro atoms. The van der Waals surface area contributed by atoms with E-state index in [1.807, 2.05) is 55.6 Å². The predicted molar refractivity (Wildman–Crippen MR) is 91.5 cm³/mol. The molecular weight excluding hydrogens is 310 g/mol. The topological polar surface area (TPSA) is 47.6 Å². The molecule has 0 saturated heterocycles. The maximum atomic E-state index is 12.5. The second kappa shape index (κ2) is 6.96. The van der Waals surface area contributed by atoms with Crippen molar-refractivity contribution in [3.05, 3.63) is 53.6 Å². The highest BCUT2D eigenvalue weighted by molar-refractivity contribution is 7.98. The molecule has 0 aliphatic carbocycles. The predicted octanol–water partition coefficient (Wildman–Crippen LogP) is 3.67. The number of amides is 1. The lowest BCUT2D eigenvalue weighted by molar-refractivity contribution is 0.0936. The largest absolute Gasteiger partial charge is 0.486 e. The van der Waals surface area contributed by atoms with Gasteiger partial charge in [-0.25, -0.2) is 0 Å². The third kappa shape index (κ3) is 3.45. The maximum absolute atomic E-state index is 12.5. The van der Waals surface area contributed by atoms with Gasteiger partial charge < -0.3 is 14.8 Å². The van der Waals surface area contributed by atoms with Crippen LogP contribution in [-0.2, 0) is 0 Å². The smallest absolute Gasteiger partial charge is 0.252 e. The van der Waals surface area contributed by atoms with E-state index >= 15 is 0 Å². The van der Waals surface area contributed by atoms with Crippen LogP contribution in [0, 0.1) is 0 Å². The first kappa shape index (κ1) is 15.7. The Balaban J connectivity index is 1.76. The number of fused-ring (bicyclic) bond motifs is 1. The van der Waals surface area contributed by atoms with E-state index in [0.717, 1.165) is 22.0 Å². The Kier molecular flexibility index (Phi) is 4.76. The van der Waals surface area contributed by atoms with Crippen LogP contribution in [0.2, 0.25) is 0 Å². The van der Waals surface area contributed by atoms with Crippen molar-refractivity contribution in [2.45, 2.75) is 17.9 Å². The summed E-state index contributed by atoms with van der Waals surface area (Å²) in [6, 6.07) is 13.3. The van der Waals surface area contributed by atoms with E-state index in [2.05, 4.69) is 5.32 Å². The van der Waals surface area contributed by atoms with E-state index < -0.39 is 0 Å². The lowest BCUT2D eigenvalue weighted by Gasteiger charge is -2.21. The van der Waals surface area contributed by atoms with Crippen molar-refractivity contribution in [2.75, 3.05) is 19.5 Å². The second-order valence-electron chi connectivity index (χ2n) is 5.30. The Morgan fingerprint density at radius 3 is 2.65 bits per heavy atom. The summed E-state index contributed by atoms with van der Waals surface area (Å²) >= 11 is 1.57. The Labute approximate surface area is 140 Å². The highest BCUT2D eigenvalue weighted by atomic mass is 32.2. The highest BCUT2D eigenvalue weighted by Gasteiger charge is 2.17. The molecule has 0 radical (unpaired) electrons. The minimum absolute atomic E-state index is 0.0719. The molecule has 120 valence electrons. The standard InChI is InChI=1S/C18H19NO3S/c1-12(13-7-8-15-16(11-13)22-10-9-21-15)19-18(20)14-5-3-4-6-17(14)23-2/h3-8,11-12H,9-10H2,1-2H3,(H,19,20)/t12-/m0/s1. The zero-order valence-corrected chi connectivity index (χ0v) is 14.0. The molecule has 1 amide bonds. The van der Waals surface area contributed by atoms with Crippen molar-refractivity contribution >= 4 is 17.7 Å². The number of hydrogen-bond acceptors (Lipinski definition) is 4. The molecule has 1 N–H and O–H groups in total. The molecule has 0 unspecified atom stereocenters. The van der Waals surface area contributed by atoms with Crippen molar-refractivity contribution in [1.29, 1.82) is 0 Å². The van der Waals surface area contributed by atoms with Gasteiger partial charge in [0, 0.05) is 4.90 Å². The molecule has 4 nitrogen and oxygen atoms in total. The summed E-state index contributed by atoms with van der Waals surface area (Å²) in [4.78, 5) is 13.5. The molecule has 1 atom stereocenters. The third-order valence-corrected chi connectivity index (χ3v) is 4.56. The summed E-state index contributed by atoms with van der Waals surface area (Å²) in [6.07, 6.45) is 1.97. The van der Waals surface area contributed by atoms with Crippen LogP contribution < -0.4 is 14.8 Å². The van der Waals surface area contributed by atoms with E-state index in [1.165, 1.54) is 0 Å². The van der Waals surface area contributed by atoms with Crippen LogP contribution in [0.4, 0.5) is 0 Å². The average Bonchev–Trinajstić information content (AvgIpc) is 2.61. The molecular formula is C18H19NO3S. The number of carbonyl (C=O) groups is 1. The Morgan fingerprint density at radius 2 is 1.87 bits per heavy atom. The maximum Gasteiger partial charge on any atom is 0.252 e. The summed E-state index contributed by atoms with van der Waals surface area (Å²) in [5, 5.41) is 3.05. The van der Waals surface area contributed by atoms with Crippen molar-refractivity contribution < 1.29 is 14.3 Å². The quantitative estimate of drug-likeness (QED) is 0.870. The number of carbonyl (C=O) groups excluding carboxylic acids is 1. The lowest BCUT2D eigenvalue weighted by Crippen LogP contribution is -2.27. The molecule has 0 bridgehead atoms. The molecule has 1 aliphatic rings. The summed E-state index contributed by atoms with van der Waals surface area (Å²) < 4.78 is 11.1. The fourth-order valence-electron chi connectivity index (χ4n) is 2.52. The summed E-state index contributed by atoms with van der Waals surface area (Å²) in [5.41, 5.74) is 1.69. The summed E-state index contributed by atoms with van der Waals surface area (Å²) in [5.74, 6) is 1.42. The van der Waals surface area contributed by atoms with Gasteiger partial charge in [-0.1, -0.05) is 18.2 Å². The van der Waals surface area contributed by atoms with Gasteiger partial charge in [-0.05, 0) is 43.0 Å². The van der Waals surface area contributed by atoms with Gasteiger partial charge >= 0.3 is 0 Å². The first-order chi connectivity index (χ1) is 11.2. The van der Waals surface area contributed by atoms with Gasteiger partial charge in [0.25, 0.3) is 5.91 Å². The van der Waals surface area contributed by atoms with Crippen molar-refractivity contribution in [1.82, 2.24) is 5.32 Å². The van der Waals surface area contributed by atoms with Gasteiger partial charge in [0.15, 0.2) is 11.5 Å². The average molecular weight is 329 g/mol. The number of nitrogens with one attached hydrogen (secondary N) is 1. The van der Waals surface area contributed by atoms with Crippen molar-refractivity contribution in [3.63, 3.8) is 0 Å². The molecule has 0 aromatic heterocycles. The minimum atomic E-state index is -0.117. The van der Waals surface area contributed by atoms with Gasteiger partial charge in [0.05, 0.1) is 11.6 Å². The van der Waals surface area contributed by atoms with Gasteiger partial charge in [-0.2, -0.15) is 0 Å². The van der Waals surface area contributed by atoms with Gasteiger partial charge in [0.1, 0.15) is 13.2 Å². The van der Waals surface area contributed by atoms with E-state index in [9.17, 15) is 4.79 Å². The Hall–Kier alpha value is -2.14. The van der Waals surface area contributed by atoms with E-state index in [4.69, 9.17) is 9.47 Å². The minimum Gasteiger partial charge on any atom is -0.486 e. The number of ether oxygens (including phenoxy) is 2. The molecule has 1 aliphatic heterocycles. The van der Waals surface area contributed by atoms with Crippen LogP contribution in [0.25, 0.3) is 0 Å². The van der Waals surface area contributed by atoms with Crippen molar-refractivity contribution in [2.24, 2.45) is 0 Å². The lowest BCUT2D eigenvalue weighted by atomic mass is 10.1. The Morgan fingerprint density at radius 1 is 1.13 bits per heavy atom. The number of benzene rings is 2. The molecule has 1 heterocycles. The van der Waals surface area contributed by atoms with Crippen LogP contribution in [0.5, 0.6) is 11.5 Å². The van der Waals surface area contributed by atoms with Crippen LogP contribution in [0.3, 0.4) is 0 Å². The molecule has 5 heteroatoms. The van der Waals surface area contributed by atoms with Crippen molar-refractivity contribution in [3.8, 4) is 11.5 Å². The van der Waals surface area contributed by atoms with Crippen LogP contribution in [0.15, 0.2) is 47.4 Å². The second-order valence-corrected chi connectivity index (χ2v) is 6.15. The van der Waals surface area contributed by atoms with Crippen LogP contribution in [-0.4, -0.2) is 25.4 Å². The molecule has 0 fully saturated rings. The summed E-state index contributed by atoms with van der Waals surface area (Å²) in [6.45, 7) is 3.09. The van der Waals surface area contributed by atoms with E-state index in [1.54, 1.807) is 11.8 Å². The SMILES string of the molecule is CSc1ccccc1C(=O)N[C@@H](C)c1ccc2c(c1)OCCO2. The van der Waals surface area contributed by atoms with Gasteiger partial charge in [-0.15, -0.1) is 11.8 Å². The number of hydrogen-bond donors (Lipinski definition) is 1. The molecule has 23 heavy (non-hydrogen) atoms. The van der Waals surface area contributed by atoms with Crippen LogP contribution >= 0.6 is 11.8 Å². The number of rotatable bonds is 4. The van der Waals surface area contributed by atoms with Crippen LogP contribution in [0.1, 0.15) is 28.9 Å². The molecule has 2 aromatic rings. The molecule has 3 rings (SSSR count). The first-order valence-electron chi connectivity index (χ1n) is 7.52. The zero-order chi connectivity index (χ0) is 16.2. The fourth-order valence-corrected chi connectivity index (χ4v) is 3.11. The third-order valence-electron chi connectivity index (χ3n) is 3.77. The zero-order valence-electron chi connectivity index (χ0n) is 13.2. The first-order valence-corrected chi connectivity index (χ1v) is 8.75. The van der Waals surface area contributed by atoms with E-state index in [0.29, 0.717) is 18.8 Å².